The number of amides is 1. The van der Waals surface area contributed by atoms with E-state index in [4.69, 9.17) is 5.73 Å². The molecule has 0 radical (unpaired) electrons. The van der Waals surface area contributed by atoms with Crippen molar-refractivity contribution >= 4 is 5.91 Å². The van der Waals surface area contributed by atoms with Crippen LogP contribution < -0.4 is 11.1 Å². The standard InChI is InChI=1S/C15H22N2O/c1-11(10-16)15(18)17-14(13-7-8-13)9-12-5-3-2-4-6-12/h2-6,11,13-14H,7-10,16H2,1H3,(H,17,18). The van der Waals surface area contributed by atoms with E-state index >= 15 is 0 Å². The molecule has 3 N–H and O–H groups in total. The molecule has 0 aliphatic heterocycles. The van der Waals surface area contributed by atoms with Crippen molar-refractivity contribution in [1.29, 1.82) is 0 Å². The van der Waals surface area contributed by atoms with E-state index in [9.17, 15) is 4.79 Å². The summed E-state index contributed by atoms with van der Waals surface area (Å²) in [7, 11) is 0. The van der Waals surface area contributed by atoms with Gasteiger partial charge in [0, 0.05) is 18.5 Å². The minimum atomic E-state index is -0.0953. The molecule has 98 valence electrons. The Hall–Kier alpha value is -1.35. The second kappa shape index (κ2) is 6.01. The van der Waals surface area contributed by atoms with E-state index in [1.807, 2.05) is 25.1 Å². The summed E-state index contributed by atoms with van der Waals surface area (Å²) < 4.78 is 0. The normalized spacial score (nSPS) is 18.1. The van der Waals surface area contributed by atoms with Crippen LogP contribution in [0.25, 0.3) is 0 Å². The fraction of sp³-hybridized carbons (Fsp3) is 0.533. The number of carbonyl (C=O) groups excluding carboxylic acids is 1. The van der Waals surface area contributed by atoms with Crippen molar-refractivity contribution in [3.05, 3.63) is 35.9 Å². The molecular weight excluding hydrogens is 224 g/mol. The lowest BCUT2D eigenvalue weighted by molar-refractivity contribution is -0.125. The second-order valence-corrected chi connectivity index (χ2v) is 5.28. The number of hydrogen-bond acceptors (Lipinski definition) is 2. The molecule has 3 heteroatoms. The fourth-order valence-electron chi connectivity index (χ4n) is 2.13. The molecule has 0 saturated heterocycles. The first-order valence-electron chi connectivity index (χ1n) is 6.75. The van der Waals surface area contributed by atoms with E-state index in [0.29, 0.717) is 12.5 Å². The van der Waals surface area contributed by atoms with Crippen LogP contribution >= 0.6 is 0 Å². The van der Waals surface area contributed by atoms with Crippen molar-refractivity contribution < 1.29 is 4.79 Å². The van der Waals surface area contributed by atoms with Crippen molar-refractivity contribution in [2.75, 3.05) is 6.54 Å². The zero-order valence-corrected chi connectivity index (χ0v) is 10.9. The predicted molar refractivity (Wildman–Crippen MR) is 73.0 cm³/mol. The monoisotopic (exact) mass is 246 g/mol. The minimum absolute atomic E-state index is 0.0883. The highest BCUT2D eigenvalue weighted by atomic mass is 16.1. The van der Waals surface area contributed by atoms with Crippen molar-refractivity contribution in [1.82, 2.24) is 5.32 Å². The number of benzene rings is 1. The first-order valence-corrected chi connectivity index (χ1v) is 6.75. The van der Waals surface area contributed by atoms with Gasteiger partial charge in [-0.25, -0.2) is 0 Å². The molecule has 0 bridgehead atoms. The van der Waals surface area contributed by atoms with Gasteiger partial charge in [0.25, 0.3) is 0 Å². The number of rotatable bonds is 6. The van der Waals surface area contributed by atoms with Crippen LogP contribution in [0.3, 0.4) is 0 Å². The van der Waals surface area contributed by atoms with Crippen molar-refractivity contribution in [2.24, 2.45) is 17.6 Å². The summed E-state index contributed by atoms with van der Waals surface area (Å²) in [5, 5.41) is 3.16. The Bertz CT molecular complexity index is 387. The van der Waals surface area contributed by atoms with Gasteiger partial charge in [0.2, 0.25) is 5.91 Å². The topological polar surface area (TPSA) is 55.1 Å². The van der Waals surface area contributed by atoms with E-state index in [0.717, 1.165) is 6.42 Å². The number of carbonyl (C=O) groups is 1. The summed E-state index contributed by atoms with van der Waals surface area (Å²) in [6.07, 6.45) is 3.39. The predicted octanol–water partition coefficient (Wildman–Crippen LogP) is 1.72. The lowest BCUT2D eigenvalue weighted by Gasteiger charge is -2.20. The van der Waals surface area contributed by atoms with Crippen LogP contribution in [0.4, 0.5) is 0 Å². The van der Waals surface area contributed by atoms with Gasteiger partial charge in [0.15, 0.2) is 0 Å². The second-order valence-electron chi connectivity index (χ2n) is 5.28. The quantitative estimate of drug-likeness (QED) is 0.803. The SMILES string of the molecule is CC(CN)C(=O)NC(Cc1ccccc1)C1CC1. The fourth-order valence-corrected chi connectivity index (χ4v) is 2.13. The third-order valence-electron chi connectivity index (χ3n) is 3.62. The molecule has 1 amide bonds. The summed E-state index contributed by atoms with van der Waals surface area (Å²) in [6, 6.07) is 10.6. The van der Waals surface area contributed by atoms with Gasteiger partial charge in [-0.05, 0) is 30.7 Å². The Kier molecular flexibility index (Phi) is 4.37. The van der Waals surface area contributed by atoms with Gasteiger partial charge < -0.3 is 11.1 Å². The van der Waals surface area contributed by atoms with E-state index in [1.165, 1.54) is 18.4 Å². The Labute approximate surface area is 109 Å². The van der Waals surface area contributed by atoms with E-state index in [2.05, 4.69) is 17.4 Å². The molecule has 18 heavy (non-hydrogen) atoms. The average molecular weight is 246 g/mol. The van der Waals surface area contributed by atoms with E-state index < -0.39 is 0 Å². The highest BCUT2D eigenvalue weighted by Crippen LogP contribution is 2.34. The summed E-state index contributed by atoms with van der Waals surface area (Å²) >= 11 is 0. The van der Waals surface area contributed by atoms with Gasteiger partial charge in [-0.2, -0.15) is 0 Å². The Morgan fingerprint density at radius 1 is 1.39 bits per heavy atom. The molecule has 0 aromatic heterocycles. The molecule has 0 heterocycles. The van der Waals surface area contributed by atoms with E-state index in [-0.39, 0.29) is 17.9 Å². The van der Waals surface area contributed by atoms with Gasteiger partial charge in [-0.15, -0.1) is 0 Å². The number of nitrogens with two attached hydrogens (primary N) is 1. The molecule has 1 aliphatic carbocycles. The molecule has 1 saturated carbocycles. The van der Waals surface area contributed by atoms with Crippen LogP contribution in [0.2, 0.25) is 0 Å². The summed E-state index contributed by atoms with van der Waals surface area (Å²) in [5.74, 6) is 0.645. The number of nitrogens with one attached hydrogen (secondary N) is 1. The molecule has 1 aliphatic rings. The maximum absolute atomic E-state index is 11.9. The maximum atomic E-state index is 11.9. The molecule has 0 spiro atoms. The van der Waals surface area contributed by atoms with Crippen molar-refractivity contribution in [3.63, 3.8) is 0 Å². The lowest BCUT2D eigenvalue weighted by atomic mass is 10.0. The van der Waals surface area contributed by atoms with Crippen LogP contribution in [0.1, 0.15) is 25.3 Å². The lowest BCUT2D eigenvalue weighted by Crippen LogP contribution is -2.42. The Morgan fingerprint density at radius 2 is 2.06 bits per heavy atom. The van der Waals surface area contributed by atoms with Crippen LogP contribution in [-0.2, 0) is 11.2 Å². The molecule has 2 atom stereocenters. The Morgan fingerprint density at radius 3 is 2.61 bits per heavy atom. The summed E-state index contributed by atoms with van der Waals surface area (Å²) in [5.41, 5.74) is 6.82. The zero-order valence-electron chi connectivity index (χ0n) is 10.9. The molecule has 1 aromatic rings. The van der Waals surface area contributed by atoms with Crippen LogP contribution in [0.5, 0.6) is 0 Å². The zero-order chi connectivity index (χ0) is 13.0. The molecule has 2 rings (SSSR count). The average Bonchev–Trinajstić information content (AvgIpc) is 3.22. The number of hydrogen-bond donors (Lipinski definition) is 2. The summed E-state index contributed by atoms with van der Waals surface area (Å²) in [6.45, 7) is 2.29. The van der Waals surface area contributed by atoms with Crippen LogP contribution in [0, 0.1) is 11.8 Å². The van der Waals surface area contributed by atoms with Crippen LogP contribution in [-0.4, -0.2) is 18.5 Å². The first-order chi connectivity index (χ1) is 8.70. The first kappa shape index (κ1) is 13.1. The third kappa shape index (κ3) is 3.57. The minimum Gasteiger partial charge on any atom is -0.352 e. The largest absolute Gasteiger partial charge is 0.352 e. The van der Waals surface area contributed by atoms with Crippen LogP contribution in [0.15, 0.2) is 30.3 Å². The molecule has 2 unspecified atom stereocenters. The smallest absolute Gasteiger partial charge is 0.224 e. The van der Waals surface area contributed by atoms with E-state index in [1.54, 1.807) is 0 Å². The molecule has 1 fully saturated rings. The summed E-state index contributed by atoms with van der Waals surface area (Å²) in [4.78, 5) is 11.9. The third-order valence-corrected chi connectivity index (χ3v) is 3.62. The molecule has 1 aromatic carbocycles. The van der Waals surface area contributed by atoms with Gasteiger partial charge in [-0.1, -0.05) is 37.3 Å². The Balaban J connectivity index is 1.94. The molecule has 3 nitrogen and oxygen atoms in total. The highest BCUT2D eigenvalue weighted by molar-refractivity contribution is 5.78. The van der Waals surface area contributed by atoms with Gasteiger partial charge in [0.1, 0.15) is 0 Å². The maximum Gasteiger partial charge on any atom is 0.224 e. The van der Waals surface area contributed by atoms with Gasteiger partial charge >= 0.3 is 0 Å². The highest BCUT2D eigenvalue weighted by Gasteiger charge is 2.32. The van der Waals surface area contributed by atoms with Crippen molar-refractivity contribution in [2.45, 2.75) is 32.2 Å². The van der Waals surface area contributed by atoms with Crippen molar-refractivity contribution in [3.8, 4) is 0 Å². The van der Waals surface area contributed by atoms with Gasteiger partial charge in [0.05, 0.1) is 0 Å². The van der Waals surface area contributed by atoms with Gasteiger partial charge in [-0.3, -0.25) is 4.79 Å². The molecular formula is C15H22N2O.